The minimum absolute atomic E-state index is 0.00122. The van der Waals surface area contributed by atoms with Crippen LogP contribution in [0.5, 0.6) is 5.75 Å². The van der Waals surface area contributed by atoms with Crippen molar-refractivity contribution in [1.82, 2.24) is 25.6 Å². The van der Waals surface area contributed by atoms with Crippen LogP contribution in [0.1, 0.15) is 15.9 Å². The van der Waals surface area contributed by atoms with Gasteiger partial charge in [-0.25, -0.2) is 0 Å². The maximum Gasteiger partial charge on any atom is 0.418 e. The first-order valence-electron chi connectivity index (χ1n) is 7.64. The average Bonchev–Trinajstić information content (AvgIpc) is 3.20. The van der Waals surface area contributed by atoms with Crippen molar-refractivity contribution in [1.29, 1.82) is 0 Å². The van der Waals surface area contributed by atoms with Crippen LogP contribution in [-0.4, -0.2) is 33.2 Å². The number of nitrogens with one attached hydrogen (secondary N) is 2. The second kappa shape index (κ2) is 7.72. The van der Waals surface area contributed by atoms with Crippen molar-refractivity contribution in [3.63, 3.8) is 0 Å². The van der Waals surface area contributed by atoms with Crippen LogP contribution < -0.4 is 15.6 Å². The van der Waals surface area contributed by atoms with Gasteiger partial charge in [0.2, 0.25) is 0 Å². The summed E-state index contributed by atoms with van der Waals surface area (Å²) in [6.45, 7) is 0. The Kier molecular flexibility index (Phi) is 5.36. The number of anilines is 1. The lowest BCUT2D eigenvalue weighted by molar-refractivity contribution is -0.137. The summed E-state index contributed by atoms with van der Waals surface area (Å²) in [7, 11) is 1.33. The number of benzene rings is 2. The van der Waals surface area contributed by atoms with Gasteiger partial charge in [0.25, 0.3) is 5.91 Å². The van der Waals surface area contributed by atoms with Crippen LogP contribution in [0.2, 0.25) is 5.02 Å². The third kappa shape index (κ3) is 3.98. The second-order valence-corrected chi connectivity index (χ2v) is 5.79. The quantitative estimate of drug-likeness (QED) is 0.625. The molecule has 0 saturated carbocycles. The lowest BCUT2D eigenvalue weighted by atomic mass is 10.1. The zero-order chi connectivity index (χ0) is 20.3. The monoisotopic (exact) mass is 412 g/mol. The third-order valence-corrected chi connectivity index (χ3v) is 3.96. The molecule has 0 aliphatic rings. The molecular formula is C16H12ClF3N6O2. The molecule has 12 heteroatoms. The highest BCUT2D eigenvalue weighted by Gasteiger charge is 2.33. The zero-order valence-electron chi connectivity index (χ0n) is 14.2. The van der Waals surface area contributed by atoms with E-state index in [1.54, 1.807) is 0 Å². The molecule has 1 aromatic heterocycles. The predicted molar refractivity (Wildman–Crippen MR) is 93.2 cm³/mol. The first-order chi connectivity index (χ1) is 13.3. The van der Waals surface area contributed by atoms with E-state index in [1.165, 1.54) is 48.5 Å². The van der Waals surface area contributed by atoms with E-state index in [4.69, 9.17) is 16.3 Å². The van der Waals surface area contributed by atoms with Crippen LogP contribution in [0.25, 0.3) is 5.69 Å². The summed E-state index contributed by atoms with van der Waals surface area (Å²) in [4.78, 5) is 12.5. The number of hydrogen-bond donors (Lipinski definition) is 2. The van der Waals surface area contributed by atoms with E-state index in [0.717, 1.165) is 6.07 Å². The van der Waals surface area contributed by atoms with Crippen LogP contribution in [-0.2, 0) is 6.18 Å². The number of aromatic nitrogens is 4. The SMILES string of the molecule is COc1cc(-n2cnnn2)c(Cl)cc1C(=O)NNc1ccccc1C(F)(F)F. The summed E-state index contributed by atoms with van der Waals surface area (Å²) < 4.78 is 45.6. The summed E-state index contributed by atoms with van der Waals surface area (Å²) in [5, 5.41) is 10.8. The molecule has 0 atom stereocenters. The van der Waals surface area contributed by atoms with Gasteiger partial charge >= 0.3 is 6.18 Å². The van der Waals surface area contributed by atoms with Gasteiger partial charge in [-0.2, -0.15) is 17.9 Å². The molecule has 0 fully saturated rings. The first-order valence-corrected chi connectivity index (χ1v) is 8.02. The topological polar surface area (TPSA) is 94.0 Å². The van der Waals surface area contributed by atoms with Crippen molar-refractivity contribution in [2.45, 2.75) is 6.18 Å². The third-order valence-electron chi connectivity index (χ3n) is 3.65. The Balaban J connectivity index is 1.85. The molecule has 0 unspecified atom stereocenters. The fourth-order valence-electron chi connectivity index (χ4n) is 2.37. The largest absolute Gasteiger partial charge is 0.496 e. The number of nitrogens with zero attached hydrogens (tertiary/aromatic N) is 4. The summed E-state index contributed by atoms with van der Waals surface area (Å²) in [6.07, 6.45) is -3.28. The Morgan fingerprint density at radius 2 is 2.00 bits per heavy atom. The highest BCUT2D eigenvalue weighted by Crippen LogP contribution is 2.34. The predicted octanol–water partition coefficient (Wildman–Crippen LogP) is 3.10. The molecule has 1 heterocycles. The molecular weight excluding hydrogens is 401 g/mol. The Morgan fingerprint density at radius 1 is 1.25 bits per heavy atom. The number of tetrazole rings is 1. The zero-order valence-corrected chi connectivity index (χ0v) is 14.9. The van der Waals surface area contributed by atoms with Crippen molar-refractivity contribution in [2.24, 2.45) is 0 Å². The molecule has 2 N–H and O–H groups in total. The number of para-hydroxylation sites is 1. The minimum Gasteiger partial charge on any atom is -0.496 e. The number of carbonyl (C=O) groups excluding carboxylic acids is 1. The fraction of sp³-hybridized carbons (Fsp3) is 0.125. The Hall–Kier alpha value is -3.34. The van der Waals surface area contributed by atoms with Gasteiger partial charge in [0.05, 0.1) is 34.6 Å². The van der Waals surface area contributed by atoms with Gasteiger partial charge in [-0.15, -0.1) is 5.10 Å². The van der Waals surface area contributed by atoms with Crippen molar-refractivity contribution in [2.75, 3.05) is 12.5 Å². The summed E-state index contributed by atoms with van der Waals surface area (Å²) in [5.74, 6) is -0.628. The number of hydrogen-bond acceptors (Lipinski definition) is 6. The van der Waals surface area contributed by atoms with E-state index < -0.39 is 17.6 Å². The molecule has 3 aromatic rings. The Bertz CT molecular complexity index is 995. The number of methoxy groups -OCH3 is 1. The number of rotatable bonds is 5. The molecule has 28 heavy (non-hydrogen) atoms. The molecule has 1 amide bonds. The molecule has 0 bridgehead atoms. The lowest BCUT2D eigenvalue weighted by Crippen LogP contribution is -2.31. The minimum atomic E-state index is -4.58. The molecule has 0 spiro atoms. The van der Waals surface area contributed by atoms with E-state index in [9.17, 15) is 18.0 Å². The average molecular weight is 413 g/mol. The van der Waals surface area contributed by atoms with Crippen molar-refractivity contribution in [3.05, 3.63) is 58.9 Å². The molecule has 0 aliphatic carbocycles. The van der Waals surface area contributed by atoms with E-state index in [1.807, 2.05) is 0 Å². The molecule has 8 nitrogen and oxygen atoms in total. The number of halogens is 4. The molecule has 0 saturated heterocycles. The van der Waals surface area contributed by atoms with Gasteiger partial charge < -0.3 is 4.74 Å². The highest BCUT2D eigenvalue weighted by molar-refractivity contribution is 6.33. The number of amides is 1. The fourth-order valence-corrected chi connectivity index (χ4v) is 2.62. The van der Waals surface area contributed by atoms with Gasteiger partial charge in [-0.05, 0) is 28.6 Å². The Morgan fingerprint density at radius 3 is 2.64 bits per heavy atom. The van der Waals surface area contributed by atoms with E-state index in [0.29, 0.717) is 5.69 Å². The number of ether oxygens (including phenoxy) is 1. The van der Waals surface area contributed by atoms with Crippen LogP contribution in [0.4, 0.5) is 18.9 Å². The molecule has 146 valence electrons. The normalized spacial score (nSPS) is 11.2. The highest BCUT2D eigenvalue weighted by atomic mass is 35.5. The summed E-state index contributed by atoms with van der Waals surface area (Å²) in [5.41, 5.74) is 3.61. The second-order valence-electron chi connectivity index (χ2n) is 5.38. The van der Waals surface area contributed by atoms with E-state index in [2.05, 4.69) is 26.4 Å². The van der Waals surface area contributed by atoms with Crippen LogP contribution in [0, 0.1) is 0 Å². The molecule has 0 radical (unpaired) electrons. The first kappa shape index (κ1) is 19.4. The van der Waals surface area contributed by atoms with Crippen molar-refractivity contribution in [3.8, 4) is 11.4 Å². The van der Waals surface area contributed by atoms with Gasteiger partial charge in [-0.3, -0.25) is 15.6 Å². The Labute approximate surface area is 161 Å². The van der Waals surface area contributed by atoms with Gasteiger partial charge in [0, 0.05) is 6.07 Å². The lowest BCUT2D eigenvalue weighted by Gasteiger charge is -2.16. The van der Waals surface area contributed by atoms with E-state index >= 15 is 0 Å². The summed E-state index contributed by atoms with van der Waals surface area (Å²) in [6, 6.07) is 7.46. The maximum absolute atomic E-state index is 13.0. The standard InChI is InChI=1S/C16H12ClF3N6O2/c1-28-14-7-13(26-8-21-24-25-26)11(17)6-9(14)15(27)23-22-12-5-3-2-4-10(12)16(18,19)20/h2-8,22H,1H3,(H,23,27). The van der Waals surface area contributed by atoms with E-state index in [-0.39, 0.29) is 22.0 Å². The molecule has 3 rings (SSSR count). The molecule has 0 aliphatic heterocycles. The van der Waals surface area contributed by atoms with Crippen LogP contribution >= 0.6 is 11.6 Å². The van der Waals surface area contributed by atoms with Crippen LogP contribution in [0.3, 0.4) is 0 Å². The van der Waals surface area contributed by atoms with Crippen LogP contribution in [0.15, 0.2) is 42.7 Å². The van der Waals surface area contributed by atoms with Gasteiger partial charge in [-0.1, -0.05) is 23.7 Å². The maximum atomic E-state index is 13.0. The van der Waals surface area contributed by atoms with Crippen molar-refractivity contribution >= 4 is 23.2 Å². The molecule has 2 aromatic carbocycles. The summed E-state index contributed by atoms with van der Waals surface area (Å²) >= 11 is 6.17. The van der Waals surface area contributed by atoms with Gasteiger partial charge in [0.15, 0.2) is 0 Å². The number of alkyl halides is 3. The van der Waals surface area contributed by atoms with Gasteiger partial charge in [0.1, 0.15) is 12.1 Å². The number of hydrazine groups is 1. The van der Waals surface area contributed by atoms with Crippen molar-refractivity contribution < 1.29 is 22.7 Å². The smallest absolute Gasteiger partial charge is 0.418 e. The number of carbonyl (C=O) groups is 1.